The van der Waals surface area contributed by atoms with Crippen LogP contribution in [0.25, 0.3) is 0 Å². The number of rotatable bonds is 7. The van der Waals surface area contributed by atoms with Crippen LogP contribution in [0, 0.1) is 6.92 Å². The third kappa shape index (κ3) is 4.22. The Morgan fingerprint density at radius 3 is 2.83 bits per heavy atom. The van der Waals surface area contributed by atoms with Gasteiger partial charge in [-0.3, -0.25) is 0 Å². The van der Waals surface area contributed by atoms with E-state index in [-0.39, 0.29) is 0 Å². The number of hydrogen-bond acceptors (Lipinski definition) is 3. The van der Waals surface area contributed by atoms with Gasteiger partial charge in [0.1, 0.15) is 11.6 Å². The standard InChI is InChI=1S/C14H19N3O/c1-12-16-11-13(17-12)10-15-8-5-9-18-14-6-3-2-4-7-14/h2-4,6-7,11,15H,5,8-10H2,1H3,(H,16,17). The molecule has 1 aromatic heterocycles. The van der Waals surface area contributed by atoms with Gasteiger partial charge in [-0.05, 0) is 32.0 Å². The number of nitrogens with one attached hydrogen (secondary N) is 2. The molecular weight excluding hydrogens is 226 g/mol. The van der Waals surface area contributed by atoms with E-state index in [4.69, 9.17) is 4.74 Å². The highest BCUT2D eigenvalue weighted by Crippen LogP contribution is 2.08. The van der Waals surface area contributed by atoms with E-state index in [1.165, 1.54) is 0 Å². The van der Waals surface area contributed by atoms with Crippen molar-refractivity contribution in [2.45, 2.75) is 19.9 Å². The van der Waals surface area contributed by atoms with Gasteiger partial charge in [0.25, 0.3) is 0 Å². The zero-order valence-corrected chi connectivity index (χ0v) is 10.6. The summed E-state index contributed by atoms with van der Waals surface area (Å²) < 4.78 is 5.60. The number of benzene rings is 1. The summed E-state index contributed by atoms with van der Waals surface area (Å²) in [5, 5.41) is 3.35. The molecule has 2 N–H and O–H groups in total. The van der Waals surface area contributed by atoms with Gasteiger partial charge >= 0.3 is 0 Å². The van der Waals surface area contributed by atoms with E-state index in [1.54, 1.807) is 0 Å². The van der Waals surface area contributed by atoms with Crippen LogP contribution < -0.4 is 10.1 Å². The van der Waals surface area contributed by atoms with Gasteiger partial charge in [-0.25, -0.2) is 4.98 Å². The molecule has 18 heavy (non-hydrogen) atoms. The van der Waals surface area contributed by atoms with Gasteiger partial charge in [0.15, 0.2) is 0 Å². The fourth-order valence-corrected chi connectivity index (χ4v) is 1.69. The first kappa shape index (κ1) is 12.6. The van der Waals surface area contributed by atoms with Gasteiger partial charge in [0.05, 0.1) is 6.61 Å². The van der Waals surface area contributed by atoms with Crippen LogP contribution in [0.1, 0.15) is 17.9 Å². The van der Waals surface area contributed by atoms with Crippen LogP contribution in [0.3, 0.4) is 0 Å². The van der Waals surface area contributed by atoms with E-state index in [2.05, 4.69) is 15.3 Å². The predicted molar refractivity (Wildman–Crippen MR) is 71.6 cm³/mol. The Labute approximate surface area is 107 Å². The number of nitrogens with zero attached hydrogens (tertiary/aromatic N) is 1. The molecule has 0 atom stereocenters. The van der Waals surface area contributed by atoms with Crippen molar-refractivity contribution in [2.24, 2.45) is 0 Å². The van der Waals surface area contributed by atoms with Crippen molar-refractivity contribution < 1.29 is 4.74 Å². The molecule has 0 radical (unpaired) electrons. The molecule has 1 heterocycles. The van der Waals surface area contributed by atoms with Crippen LogP contribution in [-0.2, 0) is 6.54 Å². The topological polar surface area (TPSA) is 49.9 Å². The van der Waals surface area contributed by atoms with Crippen molar-refractivity contribution in [3.8, 4) is 5.75 Å². The highest BCUT2D eigenvalue weighted by atomic mass is 16.5. The minimum atomic E-state index is 0.735. The van der Waals surface area contributed by atoms with Crippen LogP contribution in [-0.4, -0.2) is 23.1 Å². The SMILES string of the molecule is Cc1ncc(CNCCCOc2ccccc2)[nH]1. The van der Waals surface area contributed by atoms with Crippen molar-refractivity contribution in [2.75, 3.05) is 13.2 Å². The second-order valence-corrected chi connectivity index (χ2v) is 4.19. The maximum atomic E-state index is 5.60. The fourth-order valence-electron chi connectivity index (χ4n) is 1.69. The predicted octanol–water partition coefficient (Wildman–Crippen LogP) is 2.28. The number of aryl methyl sites for hydroxylation is 1. The summed E-state index contributed by atoms with van der Waals surface area (Å²) in [6, 6.07) is 9.89. The van der Waals surface area contributed by atoms with Gasteiger partial charge in [0, 0.05) is 18.4 Å². The lowest BCUT2D eigenvalue weighted by Gasteiger charge is -2.06. The number of imidazole rings is 1. The first-order valence-corrected chi connectivity index (χ1v) is 6.23. The molecule has 0 saturated carbocycles. The Bertz CT molecular complexity index is 453. The third-order valence-corrected chi connectivity index (χ3v) is 2.58. The van der Waals surface area contributed by atoms with E-state index < -0.39 is 0 Å². The molecule has 4 nitrogen and oxygen atoms in total. The molecule has 0 spiro atoms. The highest BCUT2D eigenvalue weighted by Gasteiger charge is 1.96. The second-order valence-electron chi connectivity index (χ2n) is 4.19. The Hall–Kier alpha value is -1.81. The van der Waals surface area contributed by atoms with Gasteiger partial charge in [0.2, 0.25) is 0 Å². The average molecular weight is 245 g/mol. The van der Waals surface area contributed by atoms with Crippen LogP contribution in [0.4, 0.5) is 0 Å². The molecule has 0 unspecified atom stereocenters. The van der Waals surface area contributed by atoms with Gasteiger partial charge in [-0.2, -0.15) is 0 Å². The Kier molecular flexibility index (Phi) is 4.78. The van der Waals surface area contributed by atoms with Crippen molar-refractivity contribution in [3.05, 3.63) is 48.0 Å². The van der Waals surface area contributed by atoms with Crippen LogP contribution in [0.5, 0.6) is 5.75 Å². The van der Waals surface area contributed by atoms with Crippen LogP contribution in [0.15, 0.2) is 36.5 Å². The zero-order valence-electron chi connectivity index (χ0n) is 10.6. The molecule has 0 bridgehead atoms. The van der Waals surface area contributed by atoms with E-state index in [9.17, 15) is 0 Å². The summed E-state index contributed by atoms with van der Waals surface area (Å²) in [6.07, 6.45) is 2.85. The van der Waals surface area contributed by atoms with Crippen molar-refractivity contribution in [1.82, 2.24) is 15.3 Å². The summed E-state index contributed by atoms with van der Waals surface area (Å²) in [4.78, 5) is 7.34. The molecular formula is C14H19N3O. The zero-order chi connectivity index (χ0) is 12.6. The van der Waals surface area contributed by atoms with E-state index >= 15 is 0 Å². The lowest BCUT2D eigenvalue weighted by molar-refractivity contribution is 0.308. The molecule has 96 valence electrons. The summed E-state index contributed by atoms with van der Waals surface area (Å²) in [5.41, 5.74) is 1.12. The molecule has 0 aliphatic heterocycles. The highest BCUT2D eigenvalue weighted by molar-refractivity contribution is 5.20. The van der Waals surface area contributed by atoms with Crippen LogP contribution >= 0.6 is 0 Å². The number of hydrogen-bond donors (Lipinski definition) is 2. The summed E-state index contributed by atoms with van der Waals surface area (Å²) in [7, 11) is 0. The van der Waals surface area contributed by atoms with E-state index in [0.29, 0.717) is 0 Å². The van der Waals surface area contributed by atoms with Gasteiger partial charge in [-0.15, -0.1) is 0 Å². The molecule has 0 aliphatic rings. The molecule has 0 saturated heterocycles. The first-order chi connectivity index (χ1) is 8.84. The smallest absolute Gasteiger partial charge is 0.119 e. The molecule has 1 aromatic carbocycles. The number of aromatic nitrogens is 2. The fraction of sp³-hybridized carbons (Fsp3) is 0.357. The normalized spacial score (nSPS) is 10.5. The number of para-hydroxylation sites is 1. The summed E-state index contributed by atoms with van der Waals surface area (Å²) >= 11 is 0. The second kappa shape index (κ2) is 6.81. The minimum Gasteiger partial charge on any atom is -0.494 e. The third-order valence-electron chi connectivity index (χ3n) is 2.58. The quantitative estimate of drug-likeness (QED) is 0.736. The lowest BCUT2D eigenvalue weighted by atomic mass is 10.3. The van der Waals surface area contributed by atoms with Crippen molar-refractivity contribution >= 4 is 0 Å². The number of aromatic amines is 1. The molecule has 0 amide bonds. The summed E-state index contributed by atoms with van der Waals surface area (Å²) in [5.74, 6) is 1.89. The number of H-pyrrole nitrogens is 1. The largest absolute Gasteiger partial charge is 0.494 e. The van der Waals surface area contributed by atoms with Gasteiger partial charge < -0.3 is 15.0 Å². The van der Waals surface area contributed by atoms with E-state index in [1.807, 2.05) is 43.5 Å². The molecule has 2 aromatic rings. The monoisotopic (exact) mass is 245 g/mol. The van der Waals surface area contributed by atoms with Crippen molar-refractivity contribution in [1.29, 1.82) is 0 Å². The molecule has 4 heteroatoms. The van der Waals surface area contributed by atoms with Crippen molar-refractivity contribution in [3.63, 3.8) is 0 Å². The average Bonchev–Trinajstić information content (AvgIpc) is 2.81. The Balaban J connectivity index is 1.54. The maximum Gasteiger partial charge on any atom is 0.119 e. The Morgan fingerprint density at radius 2 is 2.11 bits per heavy atom. The first-order valence-electron chi connectivity index (χ1n) is 6.23. The number of ether oxygens (including phenoxy) is 1. The molecule has 0 fully saturated rings. The maximum absolute atomic E-state index is 5.60. The lowest BCUT2D eigenvalue weighted by Crippen LogP contribution is -2.17. The molecule has 0 aliphatic carbocycles. The molecule has 2 rings (SSSR count). The summed E-state index contributed by atoms with van der Waals surface area (Å²) in [6.45, 7) is 4.45. The van der Waals surface area contributed by atoms with Gasteiger partial charge in [-0.1, -0.05) is 18.2 Å². The van der Waals surface area contributed by atoms with E-state index in [0.717, 1.165) is 43.4 Å². The minimum absolute atomic E-state index is 0.735. The van der Waals surface area contributed by atoms with Crippen LogP contribution in [0.2, 0.25) is 0 Å². The Morgan fingerprint density at radius 1 is 1.28 bits per heavy atom.